The van der Waals surface area contributed by atoms with E-state index < -0.39 is 7.60 Å². The number of hydrogen-bond donors (Lipinski definition) is 2. The molecular formula is C14H19ClN3O3P. The van der Waals surface area contributed by atoms with Gasteiger partial charge in [0, 0.05) is 17.1 Å². The number of alkyl halides is 1. The molecule has 0 saturated heterocycles. The van der Waals surface area contributed by atoms with E-state index in [0.29, 0.717) is 11.0 Å². The normalized spacial score (nSPS) is 13.0. The molecule has 2 rings (SSSR count). The number of amidine groups is 1. The van der Waals surface area contributed by atoms with Gasteiger partial charge in [0.2, 0.25) is 0 Å². The fraction of sp³-hybridized carbons (Fsp3) is 0.357. The predicted molar refractivity (Wildman–Crippen MR) is 90.8 cm³/mol. The van der Waals surface area contributed by atoms with Crippen LogP contribution in [-0.2, 0) is 13.6 Å². The van der Waals surface area contributed by atoms with Crippen LogP contribution in [0.4, 0.5) is 5.69 Å². The molecule has 8 heteroatoms. The second-order valence-corrected chi connectivity index (χ2v) is 6.77. The Balaban J connectivity index is 2.62. The molecule has 1 heterocycles. The highest BCUT2D eigenvalue weighted by molar-refractivity contribution is 7.62. The molecule has 0 aliphatic heterocycles. The minimum absolute atomic E-state index is 0.116. The second-order valence-electron chi connectivity index (χ2n) is 4.47. The Labute approximate surface area is 134 Å². The summed E-state index contributed by atoms with van der Waals surface area (Å²) in [5, 5.41) is 1.30. The molecule has 22 heavy (non-hydrogen) atoms. The number of aromatic amines is 1. The van der Waals surface area contributed by atoms with Crippen LogP contribution in [0, 0.1) is 0 Å². The van der Waals surface area contributed by atoms with Crippen LogP contribution in [0.5, 0.6) is 0 Å². The Kier molecular flexibility index (Phi) is 5.64. The smallest absolute Gasteiger partial charge is 0.361 e. The number of benzene rings is 1. The van der Waals surface area contributed by atoms with Crippen LogP contribution in [0.3, 0.4) is 0 Å². The van der Waals surface area contributed by atoms with Crippen LogP contribution in [0.15, 0.2) is 29.4 Å². The predicted octanol–water partition coefficient (Wildman–Crippen LogP) is 3.29. The van der Waals surface area contributed by atoms with Crippen molar-refractivity contribution in [3.05, 3.63) is 24.4 Å². The van der Waals surface area contributed by atoms with Gasteiger partial charge in [-0.3, -0.25) is 4.57 Å². The third kappa shape index (κ3) is 3.52. The third-order valence-corrected chi connectivity index (χ3v) is 5.31. The van der Waals surface area contributed by atoms with Gasteiger partial charge in [-0.1, -0.05) is 0 Å². The molecule has 0 atom stereocenters. The Morgan fingerprint density at radius 2 is 2.05 bits per heavy atom. The number of halogens is 1. The summed E-state index contributed by atoms with van der Waals surface area (Å²) in [6, 6.07) is 5.28. The highest BCUT2D eigenvalue weighted by Gasteiger charge is 2.28. The monoisotopic (exact) mass is 343 g/mol. The number of aliphatic imine (C=N–C) groups is 1. The van der Waals surface area contributed by atoms with Crippen molar-refractivity contribution in [3.63, 3.8) is 0 Å². The highest BCUT2D eigenvalue weighted by Crippen LogP contribution is 2.48. The summed E-state index contributed by atoms with van der Waals surface area (Å²) < 4.78 is 23.7. The molecule has 0 aliphatic rings. The fourth-order valence-electron chi connectivity index (χ4n) is 2.09. The number of aromatic nitrogens is 1. The Bertz CT molecular complexity index is 719. The van der Waals surface area contributed by atoms with E-state index in [9.17, 15) is 4.57 Å². The minimum Gasteiger partial charge on any atom is -0.386 e. The molecule has 1 aromatic carbocycles. The summed E-state index contributed by atoms with van der Waals surface area (Å²) >= 11 is 5.69. The van der Waals surface area contributed by atoms with Crippen molar-refractivity contribution in [1.82, 2.24) is 4.98 Å². The summed E-state index contributed by atoms with van der Waals surface area (Å²) in [7, 11) is -3.39. The van der Waals surface area contributed by atoms with Gasteiger partial charge >= 0.3 is 7.60 Å². The Morgan fingerprint density at radius 1 is 1.36 bits per heavy atom. The highest BCUT2D eigenvalue weighted by atomic mass is 35.5. The van der Waals surface area contributed by atoms with E-state index in [1.54, 1.807) is 32.2 Å². The first kappa shape index (κ1) is 17.0. The number of nitrogens with two attached hydrogens (primary N) is 1. The molecular weight excluding hydrogens is 325 g/mol. The number of nitrogens with zero attached hydrogens (tertiary/aromatic N) is 1. The summed E-state index contributed by atoms with van der Waals surface area (Å²) in [6.07, 6.45) is 1.77. The summed E-state index contributed by atoms with van der Waals surface area (Å²) in [4.78, 5) is 7.36. The maximum atomic E-state index is 12.9. The molecule has 6 nitrogen and oxygen atoms in total. The summed E-state index contributed by atoms with van der Waals surface area (Å²) in [6.45, 7) is 4.09. The van der Waals surface area contributed by atoms with Gasteiger partial charge < -0.3 is 19.8 Å². The van der Waals surface area contributed by atoms with Gasteiger partial charge in [0.1, 0.15) is 5.84 Å². The fourth-order valence-corrected chi connectivity index (χ4v) is 3.77. The average molecular weight is 344 g/mol. The maximum Gasteiger partial charge on any atom is 0.361 e. The van der Waals surface area contributed by atoms with Crippen LogP contribution in [0.2, 0.25) is 0 Å². The van der Waals surface area contributed by atoms with Crippen LogP contribution < -0.4 is 11.0 Å². The first-order valence-electron chi connectivity index (χ1n) is 6.93. The zero-order valence-corrected chi connectivity index (χ0v) is 14.2. The van der Waals surface area contributed by atoms with Gasteiger partial charge in [-0.2, -0.15) is 0 Å². The number of nitrogens with one attached hydrogen (secondary N) is 1. The van der Waals surface area contributed by atoms with E-state index in [1.165, 1.54) is 0 Å². The Morgan fingerprint density at radius 3 is 2.64 bits per heavy atom. The SMILES string of the molecule is CCOP(=O)(OCC)c1cc(N=C(N)CCl)c2cc[nH]c2c1. The first-order valence-corrected chi connectivity index (χ1v) is 9.01. The summed E-state index contributed by atoms with van der Waals surface area (Å²) in [5.41, 5.74) is 7.07. The first-order chi connectivity index (χ1) is 10.5. The molecule has 0 bridgehead atoms. The average Bonchev–Trinajstić information content (AvgIpc) is 2.96. The quantitative estimate of drug-likeness (QED) is 0.349. The van der Waals surface area contributed by atoms with Crippen molar-refractivity contribution in [2.45, 2.75) is 13.8 Å². The van der Waals surface area contributed by atoms with Gasteiger partial charge in [0.15, 0.2) is 0 Å². The van der Waals surface area contributed by atoms with E-state index in [0.717, 1.165) is 10.9 Å². The van der Waals surface area contributed by atoms with Gasteiger partial charge in [0.05, 0.1) is 30.1 Å². The van der Waals surface area contributed by atoms with Crippen molar-refractivity contribution >= 4 is 46.9 Å². The van der Waals surface area contributed by atoms with Crippen molar-refractivity contribution < 1.29 is 13.6 Å². The molecule has 0 fully saturated rings. The molecule has 120 valence electrons. The van der Waals surface area contributed by atoms with Gasteiger partial charge in [-0.05, 0) is 32.0 Å². The summed E-state index contributed by atoms with van der Waals surface area (Å²) in [5.74, 6) is 0.397. The molecule has 0 radical (unpaired) electrons. The largest absolute Gasteiger partial charge is 0.386 e. The second kappa shape index (κ2) is 7.29. The van der Waals surface area contributed by atoms with Gasteiger partial charge in [-0.15, -0.1) is 11.6 Å². The lowest BCUT2D eigenvalue weighted by Crippen LogP contribution is -2.13. The lowest BCUT2D eigenvalue weighted by atomic mass is 10.2. The number of fused-ring (bicyclic) bond motifs is 1. The molecule has 3 N–H and O–H groups in total. The standard InChI is InChI=1S/C14H19ClN3O3P/c1-3-20-22(19,21-4-2)10-7-12-11(5-6-17-12)13(8-10)18-14(16)9-15/h5-8,17H,3-4,9H2,1-2H3,(H2,16,18). The number of rotatable bonds is 7. The van der Waals surface area contributed by atoms with E-state index in [2.05, 4.69) is 9.98 Å². The van der Waals surface area contributed by atoms with Crippen molar-refractivity contribution in [1.29, 1.82) is 0 Å². The topological polar surface area (TPSA) is 89.7 Å². The van der Waals surface area contributed by atoms with Gasteiger partial charge in [-0.25, -0.2) is 4.99 Å². The zero-order valence-electron chi connectivity index (χ0n) is 12.5. The van der Waals surface area contributed by atoms with Crippen LogP contribution in [-0.4, -0.2) is 29.9 Å². The zero-order chi connectivity index (χ0) is 16.2. The molecule has 0 aliphatic carbocycles. The Hall–Kier alpha value is -1.33. The van der Waals surface area contributed by atoms with E-state index >= 15 is 0 Å². The van der Waals surface area contributed by atoms with Gasteiger partial charge in [0.25, 0.3) is 0 Å². The number of hydrogen-bond acceptors (Lipinski definition) is 4. The lowest BCUT2D eigenvalue weighted by molar-refractivity contribution is 0.230. The van der Waals surface area contributed by atoms with Crippen LogP contribution in [0.25, 0.3) is 10.9 Å². The molecule has 0 saturated carbocycles. The van der Waals surface area contributed by atoms with Crippen LogP contribution >= 0.6 is 19.2 Å². The van der Waals surface area contributed by atoms with Crippen molar-refractivity contribution in [2.75, 3.05) is 19.1 Å². The molecule has 0 unspecified atom stereocenters. The molecule has 0 spiro atoms. The van der Waals surface area contributed by atoms with Crippen molar-refractivity contribution in [3.8, 4) is 0 Å². The minimum atomic E-state index is -3.39. The third-order valence-electron chi connectivity index (χ3n) is 2.95. The van der Waals surface area contributed by atoms with E-state index in [1.807, 2.05) is 6.07 Å². The maximum absolute atomic E-state index is 12.9. The lowest BCUT2D eigenvalue weighted by Gasteiger charge is -2.17. The van der Waals surface area contributed by atoms with E-state index in [-0.39, 0.29) is 24.9 Å². The molecule has 0 amide bonds. The molecule has 1 aromatic heterocycles. The number of H-pyrrole nitrogens is 1. The molecule has 2 aromatic rings. The van der Waals surface area contributed by atoms with Crippen molar-refractivity contribution in [2.24, 2.45) is 10.7 Å². The van der Waals surface area contributed by atoms with E-state index in [4.69, 9.17) is 26.4 Å². The van der Waals surface area contributed by atoms with Crippen LogP contribution in [0.1, 0.15) is 13.8 Å².